The van der Waals surface area contributed by atoms with Crippen molar-refractivity contribution in [3.63, 3.8) is 0 Å². The summed E-state index contributed by atoms with van der Waals surface area (Å²) >= 11 is 0. The molecule has 34 heavy (non-hydrogen) atoms. The van der Waals surface area contributed by atoms with Crippen molar-refractivity contribution in [3.05, 3.63) is 134 Å². The van der Waals surface area contributed by atoms with E-state index in [4.69, 9.17) is 0 Å². The van der Waals surface area contributed by atoms with Crippen LogP contribution in [0.2, 0.25) is 0 Å². The Bertz CT molecular complexity index is 1750. The fourth-order valence-corrected chi connectivity index (χ4v) is 5.22. The summed E-state index contributed by atoms with van der Waals surface area (Å²) in [6.45, 7) is 0. The van der Waals surface area contributed by atoms with E-state index >= 15 is 0 Å². The van der Waals surface area contributed by atoms with Crippen LogP contribution >= 0.6 is 0 Å². The molecule has 0 N–H and O–H groups in total. The lowest BCUT2D eigenvalue weighted by Crippen LogP contribution is -1.99. The fourth-order valence-electron chi connectivity index (χ4n) is 5.22. The average molecular weight is 435 g/mol. The van der Waals surface area contributed by atoms with Gasteiger partial charge in [0.2, 0.25) is 0 Å². The number of hydrogen-bond donors (Lipinski definition) is 0. The van der Waals surface area contributed by atoms with Crippen LogP contribution in [-0.2, 0) is 0 Å². The molecule has 2 heteroatoms. The van der Waals surface area contributed by atoms with Crippen molar-refractivity contribution >= 4 is 32.7 Å². The first-order valence-electron chi connectivity index (χ1n) is 11.6. The van der Waals surface area contributed by atoms with Gasteiger partial charge in [-0.2, -0.15) is 0 Å². The van der Waals surface area contributed by atoms with Gasteiger partial charge < -0.3 is 9.13 Å². The summed E-state index contributed by atoms with van der Waals surface area (Å²) < 4.78 is 4.68. The lowest BCUT2D eigenvalue weighted by Gasteiger charge is -2.16. The van der Waals surface area contributed by atoms with Gasteiger partial charge in [-0.3, -0.25) is 0 Å². The molecule has 0 unspecified atom stereocenters. The first kappa shape index (κ1) is 19.0. The van der Waals surface area contributed by atoms with Crippen LogP contribution in [-0.4, -0.2) is 9.13 Å². The lowest BCUT2D eigenvalue weighted by atomic mass is 10.0. The van der Waals surface area contributed by atoms with Crippen LogP contribution in [0.4, 0.5) is 0 Å². The minimum absolute atomic E-state index is 1.16. The maximum absolute atomic E-state index is 2.38. The first-order chi connectivity index (χ1) is 16.9. The molecule has 2 aromatic heterocycles. The second-order valence-electron chi connectivity index (χ2n) is 8.68. The number of rotatable bonds is 3. The molecule has 7 rings (SSSR count). The molecule has 0 bridgehead atoms. The molecule has 0 amide bonds. The van der Waals surface area contributed by atoms with Crippen LogP contribution in [0.5, 0.6) is 0 Å². The Balaban J connectivity index is 1.54. The zero-order valence-electron chi connectivity index (χ0n) is 18.6. The maximum atomic E-state index is 2.38. The third-order valence-corrected chi connectivity index (χ3v) is 6.76. The Labute approximate surface area is 197 Å². The van der Waals surface area contributed by atoms with E-state index in [0.717, 1.165) is 5.69 Å². The molecular weight excluding hydrogens is 412 g/mol. The smallest absolute Gasteiger partial charge is 0.0541 e. The molecular formula is C32H22N2. The Morgan fingerprint density at radius 3 is 1.82 bits per heavy atom. The molecule has 0 aliphatic rings. The largest absolute Gasteiger partial charge is 0.316 e. The molecule has 0 aliphatic heterocycles. The number of hydrogen-bond acceptors (Lipinski definition) is 0. The fraction of sp³-hybridized carbons (Fsp3) is 0. The summed E-state index contributed by atoms with van der Waals surface area (Å²) in [5, 5.41) is 3.80. The Hall–Kier alpha value is -4.56. The second kappa shape index (κ2) is 7.50. The van der Waals surface area contributed by atoms with Gasteiger partial charge in [-0.25, -0.2) is 0 Å². The molecule has 160 valence electrons. The number of benzene rings is 5. The number of fused-ring (bicyclic) bond motifs is 4. The lowest BCUT2D eigenvalue weighted by molar-refractivity contribution is 1.11. The SMILES string of the molecule is c1ccc(-c2cc(-n3c4ccccc4c4ccccc43)ccc2-n2ccc3ccccc32)cc1. The molecule has 0 spiro atoms. The zero-order chi connectivity index (χ0) is 22.5. The van der Waals surface area contributed by atoms with Gasteiger partial charge >= 0.3 is 0 Å². The molecule has 0 saturated carbocycles. The predicted octanol–water partition coefficient (Wildman–Crippen LogP) is 8.39. The normalized spacial score (nSPS) is 11.5. The highest BCUT2D eigenvalue weighted by Gasteiger charge is 2.15. The van der Waals surface area contributed by atoms with Crippen LogP contribution in [0.15, 0.2) is 134 Å². The van der Waals surface area contributed by atoms with E-state index in [0.29, 0.717) is 0 Å². The monoisotopic (exact) mass is 434 g/mol. The summed E-state index contributed by atoms with van der Waals surface area (Å²) in [6, 6.07) is 45.6. The van der Waals surface area contributed by atoms with Crippen molar-refractivity contribution < 1.29 is 0 Å². The van der Waals surface area contributed by atoms with Crippen LogP contribution in [0, 0.1) is 0 Å². The van der Waals surface area contributed by atoms with Gasteiger partial charge in [-0.1, -0.05) is 84.9 Å². The minimum Gasteiger partial charge on any atom is -0.316 e. The third-order valence-electron chi connectivity index (χ3n) is 6.76. The molecule has 5 aromatic carbocycles. The van der Waals surface area contributed by atoms with Crippen molar-refractivity contribution in [2.24, 2.45) is 0 Å². The topological polar surface area (TPSA) is 9.86 Å². The zero-order valence-corrected chi connectivity index (χ0v) is 18.6. The van der Waals surface area contributed by atoms with Crippen LogP contribution in [0.1, 0.15) is 0 Å². The standard InChI is InChI=1S/C32H22N2/c1-2-10-23(11-3-1)28-22-25(18-19-30(28)33-21-20-24-12-4-7-15-29(24)33)34-31-16-8-5-13-26(31)27-14-6-9-17-32(27)34/h1-22H. The predicted molar refractivity (Wildman–Crippen MR) is 143 cm³/mol. The van der Waals surface area contributed by atoms with Gasteiger partial charge in [0.15, 0.2) is 0 Å². The van der Waals surface area contributed by atoms with Gasteiger partial charge in [0.1, 0.15) is 0 Å². The molecule has 0 aliphatic carbocycles. The minimum atomic E-state index is 1.16. The summed E-state index contributed by atoms with van der Waals surface area (Å²) in [5.41, 5.74) is 8.42. The summed E-state index contributed by atoms with van der Waals surface area (Å²) in [6.07, 6.45) is 2.17. The highest BCUT2D eigenvalue weighted by Crippen LogP contribution is 2.36. The van der Waals surface area contributed by atoms with E-state index in [-0.39, 0.29) is 0 Å². The van der Waals surface area contributed by atoms with Crippen molar-refractivity contribution in [1.82, 2.24) is 9.13 Å². The van der Waals surface area contributed by atoms with Gasteiger partial charge in [0, 0.05) is 28.2 Å². The molecule has 0 fully saturated rings. The summed E-state index contributed by atoms with van der Waals surface area (Å²) in [4.78, 5) is 0. The number of para-hydroxylation sites is 3. The van der Waals surface area contributed by atoms with Crippen molar-refractivity contribution in [2.75, 3.05) is 0 Å². The molecule has 0 radical (unpaired) electrons. The molecule has 0 atom stereocenters. The highest BCUT2D eigenvalue weighted by molar-refractivity contribution is 6.09. The van der Waals surface area contributed by atoms with Crippen molar-refractivity contribution in [1.29, 1.82) is 0 Å². The number of aromatic nitrogens is 2. The third kappa shape index (κ3) is 2.82. The van der Waals surface area contributed by atoms with E-state index < -0.39 is 0 Å². The van der Waals surface area contributed by atoms with E-state index in [1.54, 1.807) is 0 Å². The molecule has 0 saturated heterocycles. The van der Waals surface area contributed by atoms with Gasteiger partial charge in [-0.05, 0) is 53.4 Å². The molecule has 2 nitrogen and oxygen atoms in total. The van der Waals surface area contributed by atoms with E-state index in [1.807, 2.05) is 0 Å². The maximum Gasteiger partial charge on any atom is 0.0541 e. The van der Waals surface area contributed by atoms with Gasteiger partial charge in [0.05, 0.1) is 22.2 Å². The Morgan fingerprint density at radius 2 is 1.09 bits per heavy atom. The second-order valence-corrected chi connectivity index (χ2v) is 8.68. The molecule has 7 aromatic rings. The summed E-state index contributed by atoms with van der Waals surface area (Å²) in [5.74, 6) is 0. The van der Waals surface area contributed by atoms with Crippen LogP contribution < -0.4 is 0 Å². The van der Waals surface area contributed by atoms with Gasteiger partial charge in [0.25, 0.3) is 0 Å². The van der Waals surface area contributed by atoms with Gasteiger partial charge in [-0.15, -0.1) is 0 Å². The Morgan fingerprint density at radius 1 is 0.471 bits per heavy atom. The van der Waals surface area contributed by atoms with Crippen LogP contribution in [0.25, 0.3) is 55.2 Å². The van der Waals surface area contributed by atoms with E-state index in [2.05, 4.69) is 143 Å². The Kier molecular flexibility index (Phi) is 4.18. The molecule has 2 heterocycles. The quantitative estimate of drug-likeness (QED) is 0.264. The van der Waals surface area contributed by atoms with E-state index in [9.17, 15) is 0 Å². The van der Waals surface area contributed by atoms with Crippen molar-refractivity contribution in [3.8, 4) is 22.5 Å². The first-order valence-corrected chi connectivity index (χ1v) is 11.6. The average Bonchev–Trinajstić information content (AvgIpc) is 3.48. The van der Waals surface area contributed by atoms with Crippen molar-refractivity contribution in [2.45, 2.75) is 0 Å². The highest BCUT2D eigenvalue weighted by atomic mass is 15.0. The number of nitrogens with zero attached hydrogens (tertiary/aromatic N) is 2. The summed E-state index contributed by atoms with van der Waals surface area (Å²) in [7, 11) is 0. The van der Waals surface area contributed by atoms with E-state index in [1.165, 1.54) is 49.5 Å². The van der Waals surface area contributed by atoms with Crippen LogP contribution in [0.3, 0.4) is 0 Å².